The van der Waals surface area contributed by atoms with Crippen LogP contribution in [0.4, 0.5) is 9.59 Å². The molecule has 0 bridgehead atoms. The number of hydrogen-bond donors (Lipinski definition) is 1. The highest BCUT2D eigenvalue weighted by Crippen LogP contribution is 2.27. The van der Waals surface area contributed by atoms with E-state index in [2.05, 4.69) is 11.3 Å². The fraction of sp³-hybridized carbons (Fsp3) is 0.643. The molecule has 1 heterocycles. The van der Waals surface area contributed by atoms with Gasteiger partial charge < -0.3 is 14.6 Å². The van der Waals surface area contributed by atoms with Crippen LogP contribution in [-0.2, 0) is 14.3 Å². The van der Waals surface area contributed by atoms with Gasteiger partial charge in [0.2, 0.25) is 0 Å². The highest BCUT2D eigenvalue weighted by molar-refractivity contribution is 5.83. The summed E-state index contributed by atoms with van der Waals surface area (Å²) in [4.78, 5) is 35.7. The van der Waals surface area contributed by atoms with Crippen LogP contribution < -0.4 is 0 Å². The summed E-state index contributed by atoms with van der Waals surface area (Å²) in [5.74, 6) is -1.19. The van der Waals surface area contributed by atoms with Crippen molar-refractivity contribution < 1.29 is 29.0 Å². The lowest BCUT2D eigenvalue weighted by molar-refractivity contribution is -0.159. The number of methoxy groups -OCH3 is 1. The molecule has 1 N–H and O–H groups in total. The van der Waals surface area contributed by atoms with Crippen molar-refractivity contribution in [1.29, 1.82) is 0 Å². The molecule has 0 saturated carbocycles. The molecule has 1 fully saturated rings. The van der Waals surface area contributed by atoms with E-state index in [0.29, 0.717) is 11.4 Å². The van der Waals surface area contributed by atoms with E-state index in [0.717, 1.165) is 12.1 Å². The Kier molecular flexibility index (Phi) is 5.40. The van der Waals surface area contributed by atoms with Gasteiger partial charge in [-0.05, 0) is 27.2 Å². The zero-order valence-electron chi connectivity index (χ0n) is 13.2. The van der Waals surface area contributed by atoms with E-state index in [4.69, 9.17) is 4.74 Å². The van der Waals surface area contributed by atoms with Crippen LogP contribution in [0, 0.1) is 5.92 Å². The number of hydrogen-bond acceptors (Lipinski definition) is 5. The van der Waals surface area contributed by atoms with E-state index < -0.39 is 35.7 Å². The van der Waals surface area contributed by atoms with Gasteiger partial charge in [0.25, 0.3) is 0 Å². The van der Waals surface area contributed by atoms with Gasteiger partial charge in [-0.15, -0.1) is 6.58 Å². The molecular weight excluding hydrogens is 292 g/mol. The maximum absolute atomic E-state index is 12.2. The third kappa shape index (κ3) is 3.90. The van der Waals surface area contributed by atoms with Gasteiger partial charge >= 0.3 is 18.2 Å². The number of carbonyl (C=O) groups excluding carboxylic acids is 2. The molecule has 1 saturated heterocycles. The summed E-state index contributed by atoms with van der Waals surface area (Å²) in [6.07, 6.45) is -0.393. The Morgan fingerprint density at radius 2 is 1.91 bits per heavy atom. The van der Waals surface area contributed by atoms with Gasteiger partial charge in [0.05, 0.1) is 7.11 Å². The summed E-state index contributed by atoms with van der Waals surface area (Å²) in [6, 6.07) is -1.17. The quantitative estimate of drug-likeness (QED) is 0.617. The van der Waals surface area contributed by atoms with Gasteiger partial charge in [0, 0.05) is 12.5 Å². The molecule has 0 spiro atoms. The summed E-state index contributed by atoms with van der Waals surface area (Å²) >= 11 is 0. The third-order valence-corrected chi connectivity index (χ3v) is 3.15. The predicted molar refractivity (Wildman–Crippen MR) is 76.9 cm³/mol. The fourth-order valence-corrected chi connectivity index (χ4v) is 2.23. The number of carbonyl (C=O) groups is 3. The average Bonchev–Trinajstić information content (AvgIpc) is 2.42. The average molecular weight is 314 g/mol. The van der Waals surface area contributed by atoms with Crippen molar-refractivity contribution in [2.75, 3.05) is 13.7 Å². The number of amides is 2. The van der Waals surface area contributed by atoms with Crippen molar-refractivity contribution in [1.82, 2.24) is 10.0 Å². The topological polar surface area (TPSA) is 96.4 Å². The first-order valence-electron chi connectivity index (χ1n) is 6.85. The van der Waals surface area contributed by atoms with Crippen molar-refractivity contribution in [2.24, 2.45) is 5.92 Å². The summed E-state index contributed by atoms with van der Waals surface area (Å²) in [5, 5.41) is 11.0. The molecule has 0 aromatic heterocycles. The summed E-state index contributed by atoms with van der Waals surface area (Å²) in [5.41, 5.74) is -0.780. The van der Waals surface area contributed by atoms with E-state index in [1.165, 1.54) is 6.08 Å². The Labute approximate surface area is 129 Å². The van der Waals surface area contributed by atoms with E-state index in [9.17, 15) is 19.5 Å². The SMILES string of the molecule is C=CC1CCN(C(=O)OC(C)(C)C)N(C(=O)O)C1C(=O)OC. The normalized spacial score (nSPS) is 22.0. The van der Waals surface area contributed by atoms with Gasteiger partial charge in [0.15, 0.2) is 6.04 Å². The highest BCUT2D eigenvalue weighted by Gasteiger charge is 2.46. The Morgan fingerprint density at radius 3 is 2.32 bits per heavy atom. The molecule has 124 valence electrons. The molecule has 0 aromatic rings. The molecule has 2 unspecified atom stereocenters. The lowest BCUT2D eigenvalue weighted by Crippen LogP contribution is -2.63. The second kappa shape index (κ2) is 6.67. The third-order valence-electron chi connectivity index (χ3n) is 3.15. The van der Waals surface area contributed by atoms with Crippen molar-refractivity contribution in [3.05, 3.63) is 12.7 Å². The maximum Gasteiger partial charge on any atom is 0.429 e. The second-order valence-corrected chi connectivity index (χ2v) is 5.89. The van der Waals surface area contributed by atoms with E-state index in [1.54, 1.807) is 20.8 Å². The monoisotopic (exact) mass is 314 g/mol. The lowest BCUT2D eigenvalue weighted by atomic mass is 9.93. The minimum Gasteiger partial charge on any atom is -0.467 e. The Bertz CT molecular complexity index is 470. The minimum absolute atomic E-state index is 0.103. The van der Waals surface area contributed by atoms with Crippen LogP contribution in [-0.4, -0.2) is 58.6 Å². The van der Waals surface area contributed by atoms with Crippen LogP contribution in [0.3, 0.4) is 0 Å². The number of esters is 1. The van der Waals surface area contributed by atoms with Crippen LogP contribution in [0.15, 0.2) is 12.7 Å². The summed E-state index contributed by atoms with van der Waals surface area (Å²) in [7, 11) is 1.16. The standard InChI is InChI=1S/C14H22N2O6/c1-6-9-7-8-15(13(20)22-14(2,3)4)16(12(18)19)10(9)11(17)21-5/h6,9-10H,1,7-8H2,2-5H3,(H,18,19). The van der Waals surface area contributed by atoms with Crippen molar-refractivity contribution >= 4 is 18.2 Å². The van der Waals surface area contributed by atoms with Gasteiger partial charge in [-0.2, -0.15) is 5.01 Å². The predicted octanol–water partition coefficient (Wildman–Crippen LogP) is 1.87. The van der Waals surface area contributed by atoms with Crippen molar-refractivity contribution in [3.63, 3.8) is 0 Å². The van der Waals surface area contributed by atoms with Gasteiger partial charge in [-0.1, -0.05) is 6.08 Å². The van der Waals surface area contributed by atoms with Crippen LogP contribution >= 0.6 is 0 Å². The van der Waals surface area contributed by atoms with E-state index in [1.807, 2.05) is 0 Å². The largest absolute Gasteiger partial charge is 0.467 e. The molecule has 0 aromatic carbocycles. The number of nitrogens with zero attached hydrogens (tertiary/aromatic N) is 2. The molecule has 2 atom stereocenters. The number of carboxylic acid groups (broad SMARTS) is 1. The molecule has 8 nitrogen and oxygen atoms in total. The van der Waals surface area contributed by atoms with Gasteiger partial charge in [-0.25, -0.2) is 19.4 Å². The first-order chi connectivity index (χ1) is 10.1. The zero-order chi connectivity index (χ0) is 17.1. The molecule has 0 aliphatic carbocycles. The number of hydrazine groups is 1. The lowest BCUT2D eigenvalue weighted by Gasteiger charge is -2.43. The molecule has 22 heavy (non-hydrogen) atoms. The smallest absolute Gasteiger partial charge is 0.429 e. The first-order valence-corrected chi connectivity index (χ1v) is 6.85. The first kappa shape index (κ1) is 17.8. The van der Waals surface area contributed by atoms with E-state index in [-0.39, 0.29) is 6.54 Å². The van der Waals surface area contributed by atoms with Gasteiger partial charge in [0.1, 0.15) is 5.60 Å². The van der Waals surface area contributed by atoms with Crippen molar-refractivity contribution in [3.8, 4) is 0 Å². The molecule has 1 rings (SSSR count). The molecule has 0 radical (unpaired) electrons. The summed E-state index contributed by atoms with van der Waals surface area (Å²) in [6.45, 7) is 8.73. The molecule has 1 aliphatic heterocycles. The number of ether oxygens (including phenoxy) is 2. The molecule has 8 heteroatoms. The Morgan fingerprint density at radius 1 is 1.32 bits per heavy atom. The van der Waals surface area contributed by atoms with Crippen LogP contribution in [0.2, 0.25) is 0 Å². The van der Waals surface area contributed by atoms with Crippen molar-refractivity contribution in [2.45, 2.75) is 38.8 Å². The Balaban J connectivity index is 3.13. The van der Waals surface area contributed by atoms with Gasteiger partial charge in [-0.3, -0.25) is 0 Å². The van der Waals surface area contributed by atoms with E-state index >= 15 is 0 Å². The number of rotatable bonds is 2. The fourth-order valence-electron chi connectivity index (χ4n) is 2.23. The second-order valence-electron chi connectivity index (χ2n) is 5.89. The Hall–Kier alpha value is -2.25. The maximum atomic E-state index is 12.2. The molecular formula is C14H22N2O6. The van der Waals surface area contributed by atoms with Crippen LogP contribution in [0.25, 0.3) is 0 Å². The van der Waals surface area contributed by atoms with Crippen LogP contribution in [0.1, 0.15) is 27.2 Å². The summed E-state index contributed by atoms with van der Waals surface area (Å²) < 4.78 is 9.85. The van der Waals surface area contributed by atoms with Crippen LogP contribution in [0.5, 0.6) is 0 Å². The molecule has 2 amide bonds. The highest BCUT2D eigenvalue weighted by atomic mass is 16.6. The minimum atomic E-state index is -1.44. The zero-order valence-corrected chi connectivity index (χ0v) is 13.2. The molecule has 1 aliphatic rings.